The van der Waals surface area contributed by atoms with Gasteiger partial charge in [-0.1, -0.05) is 13.0 Å². The molecular weight excluding hydrogens is 254 g/mol. The van der Waals surface area contributed by atoms with E-state index < -0.39 is 0 Å². The summed E-state index contributed by atoms with van der Waals surface area (Å²) >= 11 is 3.33. The molecule has 0 saturated heterocycles. The SMILES string of the molecule is CCC(O)CCNC(=O)CSCc1cccs1. The zero-order valence-corrected chi connectivity index (χ0v) is 11.6. The van der Waals surface area contributed by atoms with Gasteiger partial charge in [0.2, 0.25) is 5.91 Å². The van der Waals surface area contributed by atoms with Crippen LogP contribution >= 0.6 is 23.1 Å². The number of hydrogen-bond donors (Lipinski definition) is 2. The van der Waals surface area contributed by atoms with E-state index in [1.54, 1.807) is 23.1 Å². The monoisotopic (exact) mass is 273 g/mol. The molecule has 1 heterocycles. The lowest BCUT2D eigenvalue weighted by Gasteiger charge is -2.08. The number of thioether (sulfide) groups is 1. The third kappa shape index (κ3) is 6.71. The summed E-state index contributed by atoms with van der Waals surface area (Å²) in [4.78, 5) is 12.7. The highest BCUT2D eigenvalue weighted by Crippen LogP contribution is 2.16. The third-order valence-electron chi connectivity index (χ3n) is 2.33. The highest BCUT2D eigenvalue weighted by molar-refractivity contribution is 7.99. The summed E-state index contributed by atoms with van der Waals surface area (Å²) in [5.41, 5.74) is 0. The Morgan fingerprint density at radius 2 is 2.47 bits per heavy atom. The maximum atomic E-state index is 11.4. The molecule has 0 radical (unpaired) electrons. The molecule has 5 heteroatoms. The minimum atomic E-state index is -0.297. The number of rotatable bonds is 8. The van der Waals surface area contributed by atoms with Crippen molar-refractivity contribution < 1.29 is 9.90 Å². The highest BCUT2D eigenvalue weighted by atomic mass is 32.2. The van der Waals surface area contributed by atoms with Gasteiger partial charge in [-0.2, -0.15) is 0 Å². The van der Waals surface area contributed by atoms with Crippen LogP contribution in [0.1, 0.15) is 24.6 Å². The number of carbonyl (C=O) groups is 1. The van der Waals surface area contributed by atoms with Crippen molar-refractivity contribution in [3.63, 3.8) is 0 Å². The number of carbonyl (C=O) groups excluding carboxylic acids is 1. The molecule has 1 amide bonds. The molecule has 2 N–H and O–H groups in total. The Balaban J connectivity index is 2.01. The van der Waals surface area contributed by atoms with Gasteiger partial charge in [0.05, 0.1) is 11.9 Å². The Labute approximate surface area is 111 Å². The molecule has 1 atom stereocenters. The molecule has 1 aromatic heterocycles. The predicted molar refractivity (Wildman–Crippen MR) is 74.4 cm³/mol. The highest BCUT2D eigenvalue weighted by Gasteiger charge is 2.04. The summed E-state index contributed by atoms with van der Waals surface area (Å²) in [5.74, 6) is 1.43. The van der Waals surface area contributed by atoms with Crippen LogP contribution in [0.2, 0.25) is 0 Å². The van der Waals surface area contributed by atoms with Crippen LogP contribution in [0.3, 0.4) is 0 Å². The fourth-order valence-corrected chi connectivity index (χ4v) is 2.97. The topological polar surface area (TPSA) is 49.3 Å². The van der Waals surface area contributed by atoms with Crippen molar-refractivity contribution in [2.75, 3.05) is 12.3 Å². The van der Waals surface area contributed by atoms with Crippen molar-refractivity contribution in [2.45, 2.75) is 31.6 Å². The zero-order chi connectivity index (χ0) is 12.5. The van der Waals surface area contributed by atoms with Crippen molar-refractivity contribution in [1.29, 1.82) is 0 Å². The molecule has 0 aliphatic heterocycles. The summed E-state index contributed by atoms with van der Waals surface area (Å²) in [6.45, 7) is 2.50. The van der Waals surface area contributed by atoms with E-state index >= 15 is 0 Å². The molecule has 3 nitrogen and oxygen atoms in total. The second kappa shape index (κ2) is 8.55. The van der Waals surface area contributed by atoms with E-state index in [0.29, 0.717) is 18.7 Å². The quantitative estimate of drug-likeness (QED) is 0.764. The number of aliphatic hydroxyl groups excluding tert-OH is 1. The van der Waals surface area contributed by atoms with E-state index in [1.165, 1.54) is 4.88 Å². The van der Waals surface area contributed by atoms with Gasteiger partial charge in [0, 0.05) is 17.2 Å². The van der Waals surface area contributed by atoms with Gasteiger partial charge in [0.15, 0.2) is 0 Å². The van der Waals surface area contributed by atoms with Gasteiger partial charge in [-0.15, -0.1) is 23.1 Å². The van der Waals surface area contributed by atoms with Crippen LogP contribution in [-0.4, -0.2) is 29.4 Å². The maximum Gasteiger partial charge on any atom is 0.230 e. The number of thiophene rings is 1. The molecule has 1 aromatic rings. The molecule has 96 valence electrons. The Morgan fingerprint density at radius 3 is 3.12 bits per heavy atom. The van der Waals surface area contributed by atoms with Crippen LogP contribution in [0.25, 0.3) is 0 Å². The van der Waals surface area contributed by atoms with Gasteiger partial charge >= 0.3 is 0 Å². The van der Waals surface area contributed by atoms with Crippen LogP contribution in [0, 0.1) is 0 Å². The van der Waals surface area contributed by atoms with Gasteiger partial charge in [-0.3, -0.25) is 4.79 Å². The van der Waals surface area contributed by atoms with E-state index in [2.05, 4.69) is 11.4 Å². The Morgan fingerprint density at radius 1 is 1.65 bits per heavy atom. The first-order valence-electron chi connectivity index (χ1n) is 5.77. The molecule has 1 unspecified atom stereocenters. The first-order chi connectivity index (χ1) is 8.22. The Bertz CT molecular complexity index is 314. The molecule has 0 aliphatic carbocycles. The number of amides is 1. The summed E-state index contributed by atoms with van der Waals surface area (Å²) < 4.78 is 0. The lowest BCUT2D eigenvalue weighted by atomic mass is 10.2. The van der Waals surface area contributed by atoms with Crippen LogP contribution in [0.15, 0.2) is 17.5 Å². The van der Waals surface area contributed by atoms with E-state index in [-0.39, 0.29) is 12.0 Å². The second-order valence-electron chi connectivity index (χ2n) is 3.77. The summed E-state index contributed by atoms with van der Waals surface area (Å²) in [5, 5.41) is 14.2. The van der Waals surface area contributed by atoms with Gasteiger partial charge in [-0.05, 0) is 24.3 Å². The third-order valence-corrected chi connectivity index (χ3v) is 4.37. The van der Waals surface area contributed by atoms with E-state index in [1.807, 2.05) is 18.4 Å². The van der Waals surface area contributed by atoms with Gasteiger partial charge in [-0.25, -0.2) is 0 Å². The van der Waals surface area contributed by atoms with Crippen molar-refractivity contribution in [2.24, 2.45) is 0 Å². The maximum absolute atomic E-state index is 11.4. The average Bonchev–Trinajstić information content (AvgIpc) is 2.82. The number of hydrogen-bond acceptors (Lipinski definition) is 4. The van der Waals surface area contributed by atoms with Crippen molar-refractivity contribution >= 4 is 29.0 Å². The molecular formula is C12H19NO2S2. The van der Waals surface area contributed by atoms with Crippen molar-refractivity contribution in [3.05, 3.63) is 22.4 Å². The summed E-state index contributed by atoms with van der Waals surface area (Å²) in [6, 6.07) is 4.10. The van der Waals surface area contributed by atoms with Crippen LogP contribution in [-0.2, 0) is 10.5 Å². The Kier molecular flexibility index (Phi) is 7.32. The molecule has 0 saturated carbocycles. The molecule has 0 aromatic carbocycles. The Hall–Kier alpha value is -0.520. The van der Waals surface area contributed by atoms with Gasteiger partial charge in [0.1, 0.15) is 0 Å². The minimum absolute atomic E-state index is 0.0508. The zero-order valence-electron chi connectivity index (χ0n) is 10.0. The largest absolute Gasteiger partial charge is 0.393 e. The normalized spacial score (nSPS) is 12.4. The molecule has 0 aliphatic rings. The van der Waals surface area contributed by atoms with E-state index in [9.17, 15) is 9.90 Å². The van der Waals surface area contributed by atoms with Gasteiger partial charge in [0.25, 0.3) is 0 Å². The van der Waals surface area contributed by atoms with Gasteiger partial charge < -0.3 is 10.4 Å². The molecule has 0 fully saturated rings. The first kappa shape index (κ1) is 14.5. The lowest BCUT2D eigenvalue weighted by molar-refractivity contribution is -0.118. The number of nitrogens with one attached hydrogen (secondary N) is 1. The lowest BCUT2D eigenvalue weighted by Crippen LogP contribution is -2.28. The standard InChI is InChI=1S/C12H19NO2S2/c1-2-10(14)5-6-13-12(15)9-16-8-11-4-3-7-17-11/h3-4,7,10,14H,2,5-6,8-9H2,1H3,(H,13,15). The minimum Gasteiger partial charge on any atom is -0.393 e. The van der Waals surface area contributed by atoms with Crippen molar-refractivity contribution in [1.82, 2.24) is 5.32 Å². The van der Waals surface area contributed by atoms with E-state index in [0.717, 1.165) is 12.2 Å². The van der Waals surface area contributed by atoms with E-state index in [4.69, 9.17) is 0 Å². The van der Waals surface area contributed by atoms with Crippen LogP contribution in [0.4, 0.5) is 0 Å². The predicted octanol–water partition coefficient (Wildman–Crippen LogP) is 2.26. The average molecular weight is 273 g/mol. The fraction of sp³-hybridized carbons (Fsp3) is 0.583. The number of aliphatic hydroxyl groups is 1. The summed E-state index contributed by atoms with van der Waals surface area (Å²) in [7, 11) is 0. The fourth-order valence-electron chi connectivity index (χ4n) is 1.27. The van der Waals surface area contributed by atoms with Crippen molar-refractivity contribution in [3.8, 4) is 0 Å². The molecule has 1 rings (SSSR count). The molecule has 0 spiro atoms. The van der Waals surface area contributed by atoms with Crippen LogP contribution in [0.5, 0.6) is 0 Å². The molecule has 17 heavy (non-hydrogen) atoms. The smallest absolute Gasteiger partial charge is 0.230 e. The first-order valence-corrected chi connectivity index (χ1v) is 7.80. The second-order valence-corrected chi connectivity index (χ2v) is 5.79. The summed E-state index contributed by atoms with van der Waals surface area (Å²) in [6.07, 6.45) is 1.08. The molecule has 0 bridgehead atoms. The van der Waals surface area contributed by atoms with Crippen LogP contribution < -0.4 is 5.32 Å².